The largest absolute Gasteiger partial charge is 0.463 e. The lowest BCUT2D eigenvalue weighted by Gasteiger charge is -2.49. The Balaban J connectivity index is 2.22. The van der Waals surface area contributed by atoms with Gasteiger partial charge in [-0.25, -0.2) is 0 Å². The topological polar surface area (TPSA) is 224 Å². The summed E-state index contributed by atoms with van der Waals surface area (Å²) in [6.45, 7) is 7.29. The highest BCUT2D eigenvalue weighted by molar-refractivity contribution is 5.74. The summed E-state index contributed by atoms with van der Waals surface area (Å²) in [5.74, 6) is -3.92. The summed E-state index contributed by atoms with van der Waals surface area (Å²) in [6.07, 6.45) is 7.02. The smallest absolute Gasteiger partial charge is 0.306 e. The summed E-state index contributed by atoms with van der Waals surface area (Å²) in [5, 5.41) is 2.72. The van der Waals surface area contributed by atoms with E-state index in [0.29, 0.717) is 6.42 Å². The SMILES string of the molecule is CCCCCCCCCCCCCCCCCC(=O)O[C@@H]1[C@@H](NC(C)=O)[C@H](OC)O[C@H](COC(C)=O)[C@H]1O[C@@H]1O[C@H](COC(C)=O)[C@H](OC(C)=O)[C@H](N)[C@H]1OC(C)=O. The predicted octanol–water partition coefficient (Wildman–Crippen LogP) is 4.46. The van der Waals surface area contributed by atoms with E-state index in [-0.39, 0.29) is 6.42 Å². The van der Waals surface area contributed by atoms with Crippen molar-refractivity contribution in [2.45, 2.75) is 206 Å². The number of esters is 5. The van der Waals surface area contributed by atoms with Gasteiger partial charge in [0, 0.05) is 48.1 Å². The van der Waals surface area contributed by atoms with Crippen LogP contribution >= 0.6 is 0 Å². The van der Waals surface area contributed by atoms with E-state index < -0.39 is 110 Å². The lowest BCUT2D eigenvalue weighted by Crippen LogP contribution is -2.69. The van der Waals surface area contributed by atoms with E-state index >= 15 is 0 Å². The second kappa shape index (κ2) is 28.2. The van der Waals surface area contributed by atoms with Gasteiger partial charge in [0.25, 0.3) is 0 Å². The molecule has 17 heteroatoms. The maximum Gasteiger partial charge on any atom is 0.306 e. The number of carbonyl (C=O) groups excluding carboxylic acids is 6. The first-order valence-electron chi connectivity index (χ1n) is 21.0. The minimum absolute atomic E-state index is 0.0663. The first-order valence-corrected chi connectivity index (χ1v) is 21.0. The number of nitrogens with one attached hydrogen (secondary N) is 1. The molecule has 2 rings (SSSR count). The third-order valence-electron chi connectivity index (χ3n) is 10.00. The highest BCUT2D eigenvalue weighted by atomic mass is 16.8. The van der Waals surface area contributed by atoms with Crippen LogP contribution in [0.25, 0.3) is 0 Å². The number of ether oxygens (including phenoxy) is 9. The van der Waals surface area contributed by atoms with E-state index in [2.05, 4.69) is 12.2 Å². The second-order valence-electron chi connectivity index (χ2n) is 15.1. The maximum absolute atomic E-state index is 13.5. The van der Waals surface area contributed by atoms with Crippen molar-refractivity contribution < 1.29 is 71.4 Å². The molecule has 334 valence electrons. The molecule has 0 saturated carbocycles. The number of hydrogen-bond acceptors (Lipinski definition) is 16. The van der Waals surface area contributed by atoms with E-state index in [1.807, 2.05) is 0 Å². The van der Waals surface area contributed by atoms with Crippen LogP contribution in [-0.2, 0) is 71.4 Å². The van der Waals surface area contributed by atoms with Crippen LogP contribution in [0.2, 0.25) is 0 Å². The summed E-state index contributed by atoms with van der Waals surface area (Å²) in [6, 6.07) is -2.41. The van der Waals surface area contributed by atoms with Crippen LogP contribution in [-0.4, -0.2) is 117 Å². The lowest BCUT2D eigenvalue weighted by atomic mass is 9.94. The van der Waals surface area contributed by atoms with Crippen LogP contribution in [0.3, 0.4) is 0 Å². The fourth-order valence-electron chi connectivity index (χ4n) is 7.20. The molecular formula is C41H70N2O15. The zero-order valence-electron chi connectivity index (χ0n) is 35.7. The maximum atomic E-state index is 13.5. The van der Waals surface area contributed by atoms with Crippen molar-refractivity contribution in [1.82, 2.24) is 5.32 Å². The average Bonchev–Trinajstić information content (AvgIpc) is 3.15. The Morgan fingerprint density at radius 3 is 1.45 bits per heavy atom. The molecule has 2 aliphatic rings. The minimum Gasteiger partial charge on any atom is -0.463 e. The highest BCUT2D eigenvalue weighted by Crippen LogP contribution is 2.33. The van der Waals surface area contributed by atoms with Crippen molar-refractivity contribution in [2.24, 2.45) is 5.73 Å². The first kappa shape index (κ1) is 50.8. The second-order valence-corrected chi connectivity index (χ2v) is 15.1. The molecule has 0 radical (unpaired) electrons. The van der Waals surface area contributed by atoms with Gasteiger partial charge in [-0.05, 0) is 6.42 Å². The standard InChI is InChI=1S/C41H70N2O15/c1-8-9-10-11-12-13-14-15-16-17-18-19-20-21-22-23-33(49)57-39-35(43-26(2)44)40(50-7)55-32(25-52-28(4)46)37(39)58-41-38(54-30(6)48)34(42)36(53-29(5)47)31(56-41)24-51-27(3)45/h31-32,34-41H,8-25,42H2,1-7H3,(H,43,44)/t31-,32-,34+,35-,36+,37-,38-,39-,40-,41+/m1/s1. The van der Waals surface area contributed by atoms with Crippen LogP contribution in [0.1, 0.15) is 144 Å². The molecule has 0 aliphatic carbocycles. The fraction of sp³-hybridized carbons (Fsp3) is 0.854. The van der Waals surface area contributed by atoms with E-state index in [0.717, 1.165) is 39.5 Å². The van der Waals surface area contributed by atoms with E-state index in [4.69, 9.17) is 48.4 Å². The molecule has 0 bridgehead atoms. The van der Waals surface area contributed by atoms with Gasteiger partial charge < -0.3 is 53.7 Å². The molecule has 17 nitrogen and oxygen atoms in total. The predicted molar refractivity (Wildman–Crippen MR) is 209 cm³/mol. The minimum atomic E-state index is -1.58. The van der Waals surface area contributed by atoms with Gasteiger partial charge in [0.2, 0.25) is 5.91 Å². The Kier molecular flexibility index (Phi) is 24.6. The molecule has 1 amide bonds. The zero-order valence-corrected chi connectivity index (χ0v) is 35.7. The summed E-state index contributed by atoms with van der Waals surface area (Å²) in [4.78, 5) is 74.1. The molecule has 0 aromatic rings. The van der Waals surface area contributed by atoms with Crippen LogP contribution in [0, 0.1) is 0 Å². The summed E-state index contributed by atoms with van der Waals surface area (Å²) in [7, 11) is 1.33. The summed E-state index contributed by atoms with van der Waals surface area (Å²) >= 11 is 0. The normalized spacial score (nSPS) is 26.9. The average molecular weight is 831 g/mol. The highest BCUT2D eigenvalue weighted by Gasteiger charge is 2.55. The van der Waals surface area contributed by atoms with Crippen LogP contribution in [0.4, 0.5) is 0 Å². The number of unbranched alkanes of at least 4 members (excludes halogenated alkanes) is 14. The van der Waals surface area contributed by atoms with Crippen molar-refractivity contribution in [1.29, 1.82) is 0 Å². The molecular weight excluding hydrogens is 760 g/mol. The van der Waals surface area contributed by atoms with Crippen LogP contribution in [0.5, 0.6) is 0 Å². The molecule has 10 atom stereocenters. The van der Waals surface area contributed by atoms with Crippen LogP contribution in [0.15, 0.2) is 0 Å². The molecule has 2 heterocycles. The Morgan fingerprint density at radius 1 is 0.552 bits per heavy atom. The monoisotopic (exact) mass is 830 g/mol. The number of amides is 1. The molecule has 0 spiro atoms. The van der Waals surface area contributed by atoms with E-state index in [1.54, 1.807) is 0 Å². The number of rotatable bonds is 27. The van der Waals surface area contributed by atoms with Gasteiger partial charge in [0.05, 0.1) is 6.04 Å². The third kappa shape index (κ3) is 19.1. The van der Waals surface area contributed by atoms with Gasteiger partial charge in [-0.1, -0.05) is 96.8 Å². The quantitative estimate of drug-likeness (QED) is 0.0662. The lowest BCUT2D eigenvalue weighted by molar-refractivity contribution is -0.337. The zero-order chi connectivity index (χ0) is 43.0. The Bertz CT molecular complexity index is 1270. The number of hydrogen-bond donors (Lipinski definition) is 2. The van der Waals surface area contributed by atoms with E-state index in [9.17, 15) is 28.8 Å². The molecule has 58 heavy (non-hydrogen) atoms. The van der Waals surface area contributed by atoms with Gasteiger partial charge in [-0.2, -0.15) is 0 Å². The van der Waals surface area contributed by atoms with E-state index in [1.165, 1.54) is 92.1 Å². The fourth-order valence-corrected chi connectivity index (χ4v) is 7.20. The molecule has 2 fully saturated rings. The first-order chi connectivity index (χ1) is 27.7. The van der Waals surface area contributed by atoms with Gasteiger partial charge in [0.1, 0.15) is 37.6 Å². The van der Waals surface area contributed by atoms with Crippen molar-refractivity contribution in [3.8, 4) is 0 Å². The Hall–Kier alpha value is -3.38. The molecule has 2 aliphatic heterocycles. The summed E-state index contributed by atoms with van der Waals surface area (Å²) in [5.41, 5.74) is 6.53. The van der Waals surface area contributed by atoms with Crippen LogP contribution < -0.4 is 11.1 Å². The number of carbonyl (C=O) groups is 6. The van der Waals surface area contributed by atoms with Gasteiger partial charge in [-0.15, -0.1) is 0 Å². The van der Waals surface area contributed by atoms with Gasteiger partial charge in [0.15, 0.2) is 30.9 Å². The van der Waals surface area contributed by atoms with Gasteiger partial charge in [-0.3, -0.25) is 28.8 Å². The molecule has 0 aromatic carbocycles. The third-order valence-corrected chi connectivity index (χ3v) is 10.00. The molecule has 2 saturated heterocycles. The van der Waals surface area contributed by atoms with Crippen molar-refractivity contribution >= 4 is 35.8 Å². The number of methoxy groups -OCH3 is 1. The van der Waals surface area contributed by atoms with Crippen molar-refractivity contribution in [2.75, 3.05) is 20.3 Å². The Morgan fingerprint density at radius 2 is 1.00 bits per heavy atom. The van der Waals surface area contributed by atoms with Crippen molar-refractivity contribution in [3.05, 3.63) is 0 Å². The molecule has 0 unspecified atom stereocenters. The van der Waals surface area contributed by atoms with Crippen molar-refractivity contribution in [3.63, 3.8) is 0 Å². The number of nitrogens with two attached hydrogens (primary N) is 1. The molecule has 0 aromatic heterocycles. The molecule has 3 N–H and O–H groups in total. The van der Waals surface area contributed by atoms with Gasteiger partial charge >= 0.3 is 29.8 Å². The summed E-state index contributed by atoms with van der Waals surface area (Å²) < 4.78 is 51.7. The Labute approximate surface area is 343 Å².